The number of aliphatic hydroxyl groups excluding tert-OH is 1. The summed E-state index contributed by atoms with van der Waals surface area (Å²) in [4.78, 5) is 0. The third kappa shape index (κ3) is 8.10. The molecule has 1 rings (SSSR count). The van der Waals surface area contributed by atoms with E-state index in [0.717, 1.165) is 19.3 Å². The summed E-state index contributed by atoms with van der Waals surface area (Å²) in [5, 5.41) is 8.70. The summed E-state index contributed by atoms with van der Waals surface area (Å²) < 4.78 is 5.64. The van der Waals surface area contributed by atoms with E-state index in [1.165, 1.54) is 57.8 Å². The molecule has 0 saturated carbocycles. The van der Waals surface area contributed by atoms with E-state index in [9.17, 15) is 0 Å². The van der Waals surface area contributed by atoms with Gasteiger partial charge in [0.25, 0.3) is 0 Å². The third-order valence-electron chi connectivity index (χ3n) is 3.93. The maximum Gasteiger partial charge on any atom is 0.0841 e. The van der Waals surface area contributed by atoms with Crippen LogP contribution >= 0.6 is 0 Å². The van der Waals surface area contributed by atoms with Gasteiger partial charge in [-0.25, -0.2) is 0 Å². The summed E-state index contributed by atoms with van der Waals surface area (Å²) in [6.07, 6.45) is 16.7. The monoisotopic (exact) mass is 256 g/mol. The van der Waals surface area contributed by atoms with Crippen molar-refractivity contribution in [2.75, 3.05) is 6.61 Å². The normalized spacial score (nSPS) is 22.3. The molecule has 2 unspecified atom stereocenters. The van der Waals surface area contributed by atoms with E-state index in [4.69, 9.17) is 9.84 Å². The summed E-state index contributed by atoms with van der Waals surface area (Å²) in [6, 6.07) is 0. The topological polar surface area (TPSA) is 32.8 Å². The van der Waals surface area contributed by atoms with Crippen LogP contribution in [0.1, 0.15) is 84.0 Å². The molecule has 18 heavy (non-hydrogen) atoms. The molecule has 1 N–H and O–H groups in total. The number of epoxide rings is 1. The molecule has 1 aliphatic heterocycles. The van der Waals surface area contributed by atoms with Crippen molar-refractivity contribution in [1.29, 1.82) is 0 Å². The fourth-order valence-electron chi connectivity index (χ4n) is 2.62. The zero-order valence-electron chi connectivity index (χ0n) is 12.2. The van der Waals surface area contributed by atoms with Crippen molar-refractivity contribution in [2.24, 2.45) is 0 Å². The summed E-state index contributed by atoms with van der Waals surface area (Å²) in [7, 11) is 0. The highest BCUT2D eigenvalue weighted by Crippen LogP contribution is 2.31. The number of rotatable bonds is 13. The Hall–Kier alpha value is -0.0800. The lowest BCUT2D eigenvalue weighted by atomic mass is 10.0. The van der Waals surface area contributed by atoms with Crippen LogP contribution in [0, 0.1) is 0 Å². The number of ether oxygens (including phenoxy) is 1. The Kier molecular flexibility index (Phi) is 9.59. The largest absolute Gasteiger partial charge is 0.396 e. The molecule has 2 atom stereocenters. The van der Waals surface area contributed by atoms with Crippen LogP contribution in [-0.2, 0) is 4.74 Å². The Morgan fingerprint density at radius 3 is 1.78 bits per heavy atom. The van der Waals surface area contributed by atoms with Gasteiger partial charge in [-0.3, -0.25) is 0 Å². The average molecular weight is 256 g/mol. The molecule has 2 nitrogen and oxygen atoms in total. The highest BCUT2D eigenvalue weighted by atomic mass is 16.6. The second-order valence-electron chi connectivity index (χ2n) is 5.70. The van der Waals surface area contributed by atoms with Crippen molar-refractivity contribution in [1.82, 2.24) is 0 Å². The van der Waals surface area contributed by atoms with E-state index in [1.54, 1.807) is 0 Å². The van der Waals surface area contributed by atoms with Crippen molar-refractivity contribution in [3.8, 4) is 0 Å². The van der Waals surface area contributed by atoms with Crippen molar-refractivity contribution in [3.63, 3.8) is 0 Å². The second kappa shape index (κ2) is 10.8. The Labute approximate surface area is 113 Å². The van der Waals surface area contributed by atoms with Crippen LogP contribution in [-0.4, -0.2) is 23.9 Å². The first-order valence-corrected chi connectivity index (χ1v) is 8.14. The Morgan fingerprint density at radius 2 is 1.22 bits per heavy atom. The number of aliphatic hydroxyl groups is 1. The van der Waals surface area contributed by atoms with Gasteiger partial charge in [-0.05, 0) is 25.7 Å². The lowest BCUT2D eigenvalue weighted by molar-refractivity contribution is 0.278. The van der Waals surface area contributed by atoms with Crippen molar-refractivity contribution in [2.45, 2.75) is 96.2 Å². The first-order chi connectivity index (χ1) is 8.88. The van der Waals surface area contributed by atoms with Crippen LogP contribution in [0.2, 0.25) is 0 Å². The minimum absolute atomic E-state index is 0.329. The molecule has 1 heterocycles. The number of hydrogen-bond donors (Lipinski definition) is 1. The molecule has 0 aromatic carbocycles. The second-order valence-corrected chi connectivity index (χ2v) is 5.70. The maximum absolute atomic E-state index is 8.70. The van der Waals surface area contributed by atoms with Crippen molar-refractivity contribution >= 4 is 0 Å². The SMILES string of the molecule is CCCCCCCCCCC1OC1CCCCO. The zero-order chi connectivity index (χ0) is 13.1. The summed E-state index contributed by atoms with van der Waals surface area (Å²) >= 11 is 0. The number of hydrogen-bond acceptors (Lipinski definition) is 2. The van der Waals surface area contributed by atoms with Gasteiger partial charge in [0.05, 0.1) is 12.2 Å². The fraction of sp³-hybridized carbons (Fsp3) is 1.00. The lowest BCUT2D eigenvalue weighted by Crippen LogP contribution is -1.95. The molecular weight excluding hydrogens is 224 g/mol. The van der Waals surface area contributed by atoms with Crippen LogP contribution in [0.5, 0.6) is 0 Å². The van der Waals surface area contributed by atoms with E-state index in [0.29, 0.717) is 18.8 Å². The first-order valence-electron chi connectivity index (χ1n) is 8.14. The Bertz CT molecular complexity index is 182. The predicted octanol–water partition coefficient (Wildman–Crippen LogP) is 4.45. The summed E-state index contributed by atoms with van der Waals surface area (Å²) in [6.45, 7) is 2.60. The molecule has 0 radical (unpaired) electrons. The Morgan fingerprint density at radius 1 is 0.722 bits per heavy atom. The highest BCUT2D eigenvalue weighted by molar-refractivity contribution is 4.84. The zero-order valence-corrected chi connectivity index (χ0v) is 12.2. The van der Waals surface area contributed by atoms with E-state index in [2.05, 4.69) is 6.92 Å². The van der Waals surface area contributed by atoms with Gasteiger partial charge in [-0.2, -0.15) is 0 Å². The molecule has 2 heteroatoms. The average Bonchev–Trinajstić information content (AvgIpc) is 3.12. The van der Waals surface area contributed by atoms with Crippen LogP contribution in [0.4, 0.5) is 0 Å². The predicted molar refractivity (Wildman–Crippen MR) is 76.8 cm³/mol. The molecule has 1 aliphatic rings. The molecule has 0 aromatic heterocycles. The van der Waals surface area contributed by atoms with E-state index in [1.807, 2.05) is 0 Å². The molecule has 0 aromatic rings. The molecule has 0 bridgehead atoms. The minimum atomic E-state index is 0.329. The molecule has 0 amide bonds. The van der Waals surface area contributed by atoms with Crippen LogP contribution in [0.15, 0.2) is 0 Å². The number of unbranched alkanes of at least 4 members (excludes halogenated alkanes) is 8. The van der Waals surface area contributed by atoms with Gasteiger partial charge < -0.3 is 9.84 Å². The molecule has 0 aliphatic carbocycles. The smallest absolute Gasteiger partial charge is 0.0841 e. The van der Waals surface area contributed by atoms with Crippen LogP contribution in [0.25, 0.3) is 0 Å². The van der Waals surface area contributed by atoms with Gasteiger partial charge in [0.1, 0.15) is 0 Å². The first kappa shape index (κ1) is 16.0. The van der Waals surface area contributed by atoms with E-state index < -0.39 is 0 Å². The molecule has 0 spiro atoms. The maximum atomic E-state index is 8.70. The van der Waals surface area contributed by atoms with Gasteiger partial charge in [-0.15, -0.1) is 0 Å². The van der Waals surface area contributed by atoms with Gasteiger partial charge >= 0.3 is 0 Å². The molecular formula is C16H32O2. The summed E-state index contributed by atoms with van der Waals surface area (Å²) in [5.41, 5.74) is 0. The molecule has 1 fully saturated rings. The van der Waals surface area contributed by atoms with Crippen molar-refractivity contribution < 1.29 is 9.84 Å². The van der Waals surface area contributed by atoms with Crippen LogP contribution in [0.3, 0.4) is 0 Å². The van der Waals surface area contributed by atoms with Crippen LogP contribution < -0.4 is 0 Å². The third-order valence-corrected chi connectivity index (χ3v) is 3.93. The quantitative estimate of drug-likeness (QED) is 0.390. The van der Waals surface area contributed by atoms with Gasteiger partial charge in [0, 0.05) is 6.61 Å². The van der Waals surface area contributed by atoms with E-state index >= 15 is 0 Å². The fourth-order valence-corrected chi connectivity index (χ4v) is 2.62. The Balaban J connectivity index is 1.74. The van der Waals surface area contributed by atoms with Gasteiger partial charge in [0.15, 0.2) is 0 Å². The minimum Gasteiger partial charge on any atom is -0.396 e. The molecule has 108 valence electrons. The van der Waals surface area contributed by atoms with Crippen molar-refractivity contribution in [3.05, 3.63) is 0 Å². The van der Waals surface area contributed by atoms with Gasteiger partial charge in [-0.1, -0.05) is 58.3 Å². The lowest BCUT2D eigenvalue weighted by Gasteiger charge is -2.00. The van der Waals surface area contributed by atoms with Gasteiger partial charge in [0.2, 0.25) is 0 Å². The molecule has 1 saturated heterocycles. The van der Waals surface area contributed by atoms with E-state index in [-0.39, 0.29) is 0 Å². The summed E-state index contributed by atoms with van der Waals surface area (Å²) in [5.74, 6) is 0. The highest BCUT2D eigenvalue weighted by Gasteiger charge is 2.36. The standard InChI is InChI=1S/C16H32O2/c1-2-3-4-5-6-7-8-9-12-15-16(18-15)13-10-11-14-17/h15-17H,2-14H2,1H3.